The molecule has 23 heavy (non-hydrogen) atoms. The predicted molar refractivity (Wildman–Crippen MR) is 89.6 cm³/mol. The highest BCUT2D eigenvalue weighted by molar-refractivity contribution is 6.39. The highest BCUT2D eigenvalue weighted by atomic mass is 35.5. The van der Waals surface area contributed by atoms with Crippen molar-refractivity contribution in [2.45, 2.75) is 13.3 Å². The number of hydrogen-bond donors (Lipinski definition) is 3. The van der Waals surface area contributed by atoms with E-state index in [2.05, 4.69) is 10.6 Å². The van der Waals surface area contributed by atoms with Crippen LogP contribution in [0.1, 0.15) is 11.1 Å². The molecule has 0 aliphatic heterocycles. The molecule has 0 fully saturated rings. The van der Waals surface area contributed by atoms with Gasteiger partial charge in [-0.3, -0.25) is 9.59 Å². The van der Waals surface area contributed by atoms with Crippen LogP contribution in [0.25, 0.3) is 0 Å². The van der Waals surface area contributed by atoms with E-state index in [1.54, 1.807) is 43.3 Å². The molecule has 5 nitrogen and oxygen atoms in total. The van der Waals surface area contributed by atoms with E-state index in [1.165, 1.54) is 0 Å². The molecular formula is C17H17ClN2O3. The Hall–Kier alpha value is -2.53. The molecule has 0 aliphatic rings. The summed E-state index contributed by atoms with van der Waals surface area (Å²) >= 11 is 5.84. The van der Waals surface area contributed by atoms with E-state index in [0.717, 1.165) is 11.1 Å². The monoisotopic (exact) mass is 332 g/mol. The fourth-order valence-corrected chi connectivity index (χ4v) is 2.29. The minimum Gasteiger partial charge on any atom is -0.508 e. The number of aromatic hydroxyl groups is 1. The lowest BCUT2D eigenvalue weighted by atomic mass is 10.1. The maximum atomic E-state index is 11.8. The Kier molecular flexibility index (Phi) is 5.60. The van der Waals surface area contributed by atoms with E-state index in [4.69, 9.17) is 11.6 Å². The van der Waals surface area contributed by atoms with Crippen molar-refractivity contribution in [1.82, 2.24) is 5.32 Å². The topological polar surface area (TPSA) is 78.4 Å². The summed E-state index contributed by atoms with van der Waals surface area (Å²) in [5.74, 6) is -1.27. The number of nitrogens with one attached hydrogen (secondary N) is 2. The molecule has 0 spiro atoms. The van der Waals surface area contributed by atoms with Crippen molar-refractivity contribution in [2.75, 3.05) is 11.9 Å². The smallest absolute Gasteiger partial charge is 0.313 e. The molecule has 2 rings (SSSR count). The third-order valence-electron chi connectivity index (χ3n) is 3.25. The second kappa shape index (κ2) is 7.65. The first-order valence-corrected chi connectivity index (χ1v) is 7.47. The first-order valence-electron chi connectivity index (χ1n) is 7.09. The number of halogens is 1. The molecule has 0 saturated carbocycles. The van der Waals surface area contributed by atoms with E-state index in [1.807, 2.05) is 6.07 Å². The molecule has 0 heterocycles. The third-order valence-corrected chi connectivity index (χ3v) is 3.49. The van der Waals surface area contributed by atoms with Gasteiger partial charge in [0.2, 0.25) is 0 Å². The van der Waals surface area contributed by atoms with Gasteiger partial charge in [0, 0.05) is 17.3 Å². The minimum atomic E-state index is -0.730. The van der Waals surface area contributed by atoms with Gasteiger partial charge in [-0.2, -0.15) is 0 Å². The van der Waals surface area contributed by atoms with Gasteiger partial charge in [0.05, 0.1) is 0 Å². The number of phenols is 1. The fraction of sp³-hybridized carbons (Fsp3) is 0.176. The lowest BCUT2D eigenvalue weighted by Gasteiger charge is -2.09. The summed E-state index contributed by atoms with van der Waals surface area (Å²) in [7, 11) is 0. The standard InChI is InChI=1S/C17H17ClN2O3/c1-11-9-13(18)5-6-15(11)20-17(23)16(22)19-8-7-12-3-2-4-14(21)10-12/h2-6,9-10,21H,7-8H2,1H3,(H,19,22)(H,20,23). The Bertz CT molecular complexity index is 732. The normalized spacial score (nSPS) is 10.2. The summed E-state index contributed by atoms with van der Waals surface area (Å²) in [6.07, 6.45) is 0.521. The molecule has 2 aromatic carbocycles. The summed E-state index contributed by atoms with van der Waals surface area (Å²) < 4.78 is 0. The molecule has 6 heteroatoms. The first kappa shape index (κ1) is 16.8. The molecule has 0 unspecified atom stereocenters. The second-order valence-electron chi connectivity index (χ2n) is 5.09. The van der Waals surface area contributed by atoms with Crippen molar-refractivity contribution >= 4 is 29.1 Å². The van der Waals surface area contributed by atoms with Crippen LogP contribution in [0.4, 0.5) is 5.69 Å². The van der Waals surface area contributed by atoms with Gasteiger partial charge >= 0.3 is 11.8 Å². The molecule has 0 radical (unpaired) electrons. The van der Waals surface area contributed by atoms with Crippen molar-refractivity contribution in [3.63, 3.8) is 0 Å². The second-order valence-corrected chi connectivity index (χ2v) is 5.53. The summed E-state index contributed by atoms with van der Waals surface area (Å²) in [4.78, 5) is 23.6. The highest BCUT2D eigenvalue weighted by Crippen LogP contribution is 2.19. The average molecular weight is 333 g/mol. The maximum Gasteiger partial charge on any atom is 0.313 e. The zero-order valence-corrected chi connectivity index (χ0v) is 13.4. The number of carbonyl (C=O) groups excluding carboxylic acids is 2. The summed E-state index contributed by atoms with van der Waals surface area (Å²) in [5.41, 5.74) is 2.19. The number of aryl methyl sites for hydroxylation is 1. The Labute approximate surface area is 139 Å². The lowest BCUT2D eigenvalue weighted by molar-refractivity contribution is -0.136. The van der Waals surface area contributed by atoms with Crippen LogP contribution in [0.15, 0.2) is 42.5 Å². The average Bonchev–Trinajstić information content (AvgIpc) is 2.50. The fourth-order valence-electron chi connectivity index (χ4n) is 2.06. The van der Waals surface area contributed by atoms with E-state index >= 15 is 0 Å². The Morgan fingerprint density at radius 2 is 1.91 bits per heavy atom. The zero-order chi connectivity index (χ0) is 16.8. The number of hydrogen-bond acceptors (Lipinski definition) is 3. The molecule has 120 valence electrons. The quantitative estimate of drug-likeness (QED) is 0.753. The van der Waals surface area contributed by atoms with Crippen LogP contribution in [0.3, 0.4) is 0 Å². The van der Waals surface area contributed by atoms with Gasteiger partial charge in [-0.25, -0.2) is 0 Å². The number of phenolic OH excluding ortho intramolecular Hbond substituents is 1. The lowest BCUT2D eigenvalue weighted by Crippen LogP contribution is -2.36. The van der Waals surface area contributed by atoms with E-state index in [9.17, 15) is 14.7 Å². The number of rotatable bonds is 4. The predicted octanol–water partition coefficient (Wildman–Crippen LogP) is 2.65. The Morgan fingerprint density at radius 3 is 2.61 bits per heavy atom. The van der Waals surface area contributed by atoms with Crippen LogP contribution in [-0.2, 0) is 16.0 Å². The van der Waals surface area contributed by atoms with E-state index in [0.29, 0.717) is 23.7 Å². The van der Waals surface area contributed by atoms with Crippen LogP contribution in [-0.4, -0.2) is 23.5 Å². The van der Waals surface area contributed by atoms with Gasteiger partial charge < -0.3 is 15.7 Å². The molecule has 0 aliphatic carbocycles. The number of carbonyl (C=O) groups is 2. The van der Waals surface area contributed by atoms with Crippen LogP contribution in [0.5, 0.6) is 5.75 Å². The van der Waals surface area contributed by atoms with Crippen LogP contribution < -0.4 is 10.6 Å². The number of amides is 2. The van der Waals surface area contributed by atoms with Crippen molar-refractivity contribution in [3.05, 3.63) is 58.6 Å². The third kappa shape index (κ3) is 5.00. The molecule has 2 aromatic rings. The summed E-state index contributed by atoms with van der Waals surface area (Å²) in [5, 5.41) is 15.0. The van der Waals surface area contributed by atoms with Gasteiger partial charge in [-0.05, 0) is 54.8 Å². The van der Waals surface area contributed by atoms with Gasteiger partial charge in [-0.1, -0.05) is 23.7 Å². The van der Waals surface area contributed by atoms with Gasteiger partial charge in [0.1, 0.15) is 5.75 Å². The van der Waals surface area contributed by atoms with Crippen LogP contribution >= 0.6 is 11.6 Å². The van der Waals surface area contributed by atoms with Crippen molar-refractivity contribution in [2.24, 2.45) is 0 Å². The SMILES string of the molecule is Cc1cc(Cl)ccc1NC(=O)C(=O)NCCc1cccc(O)c1. The first-order chi connectivity index (χ1) is 11.0. The van der Waals surface area contributed by atoms with Gasteiger partial charge in [-0.15, -0.1) is 0 Å². The van der Waals surface area contributed by atoms with E-state index < -0.39 is 11.8 Å². The maximum absolute atomic E-state index is 11.8. The Balaban J connectivity index is 1.84. The molecular weight excluding hydrogens is 316 g/mol. The molecule has 0 bridgehead atoms. The molecule has 3 N–H and O–H groups in total. The van der Waals surface area contributed by atoms with Crippen molar-refractivity contribution in [3.8, 4) is 5.75 Å². The van der Waals surface area contributed by atoms with Gasteiger partial charge in [0.25, 0.3) is 0 Å². The van der Waals surface area contributed by atoms with Gasteiger partial charge in [0.15, 0.2) is 0 Å². The Morgan fingerprint density at radius 1 is 1.13 bits per heavy atom. The van der Waals surface area contributed by atoms with Crippen molar-refractivity contribution in [1.29, 1.82) is 0 Å². The minimum absolute atomic E-state index is 0.171. The molecule has 0 atom stereocenters. The van der Waals surface area contributed by atoms with Crippen molar-refractivity contribution < 1.29 is 14.7 Å². The largest absolute Gasteiger partial charge is 0.508 e. The number of anilines is 1. The summed E-state index contributed by atoms with van der Waals surface area (Å²) in [6, 6.07) is 11.7. The van der Waals surface area contributed by atoms with Crippen LogP contribution in [0, 0.1) is 6.92 Å². The highest BCUT2D eigenvalue weighted by Gasteiger charge is 2.14. The summed E-state index contributed by atoms with van der Waals surface area (Å²) in [6.45, 7) is 2.09. The zero-order valence-electron chi connectivity index (χ0n) is 12.6. The molecule has 0 saturated heterocycles. The van der Waals surface area contributed by atoms with Crippen LogP contribution in [0.2, 0.25) is 5.02 Å². The number of benzene rings is 2. The molecule has 2 amide bonds. The molecule has 0 aromatic heterocycles. The van der Waals surface area contributed by atoms with E-state index in [-0.39, 0.29) is 5.75 Å².